The van der Waals surface area contributed by atoms with E-state index < -0.39 is 10.0 Å². The molecule has 9 heteroatoms. The number of nitrogens with zero attached hydrogens (tertiary/aromatic N) is 1. The first-order chi connectivity index (χ1) is 11.9. The lowest BCUT2D eigenvalue weighted by Gasteiger charge is -2.11. The maximum absolute atomic E-state index is 11.3. The van der Waals surface area contributed by atoms with E-state index in [4.69, 9.17) is 5.14 Å². The summed E-state index contributed by atoms with van der Waals surface area (Å²) >= 11 is 1.71. The second kappa shape index (κ2) is 10.9. The van der Waals surface area contributed by atoms with Crippen molar-refractivity contribution in [2.24, 2.45) is 10.1 Å². The molecule has 0 spiro atoms. The highest BCUT2D eigenvalue weighted by Crippen LogP contribution is 2.16. The lowest BCUT2D eigenvalue weighted by atomic mass is 10.1. The maximum atomic E-state index is 11.3. The van der Waals surface area contributed by atoms with E-state index in [1.165, 1.54) is 22.6 Å². The zero-order valence-electron chi connectivity index (χ0n) is 14.9. The third kappa shape index (κ3) is 7.22. The van der Waals surface area contributed by atoms with Crippen molar-refractivity contribution < 1.29 is 8.42 Å². The van der Waals surface area contributed by atoms with Crippen molar-refractivity contribution >= 4 is 51.3 Å². The van der Waals surface area contributed by atoms with Crippen molar-refractivity contribution in [3.8, 4) is 0 Å². The van der Waals surface area contributed by atoms with Gasteiger partial charge in [-0.25, -0.2) is 18.5 Å². The van der Waals surface area contributed by atoms with Crippen LogP contribution in [0.15, 0.2) is 45.6 Å². The number of guanidine groups is 1. The molecule has 0 saturated heterocycles. The fourth-order valence-electron chi connectivity index (χ4n) is 2.23. The van der Waals surface area contributed by atoms with Gasteiger partial charge in [0.2, 0.25) is 10.0 Å². The van der Waals surface area contributed by atoms with Crippen LogP contribution >= 0.6 is 35.3 Å². The van der Waals surface area contributed by atoms with Gasteiger partial charge in [0.05, 0.1) is 11.4 Å². The van der Waals surface area contributed by atoms with Crippen LogP contribution in [-0.4, -0.2) is 27.5 Å². The second-order valence-corrected chi connectivity index (χ2v) is 8.15. The summed E-state index contributed by atoms with van der Waals surface area (Å²) in [4.78, 5) is 5.99. The van der Waals surface area contributed by atoms with E-state index in [0.717, 1.165) is 24.5 Å². The Hall–Kier alpha value is -1.17. The molecule has 6 nitrogen and oxygen atoms in total. The van der Waals surface area contributed by atoms with Crippen LogP contribution in [0, 0.1) is 6.92 Å². The van der Waals surface area contributed by atoms with Gasteiger partial charge in [-0.2, -0.15) is 0 Å². The van der Waals surface area contributed by atoms with Crippen LogP contribution in [0.3, 0.4) is 0 Å². The van der Waals surface area contributed by atoms with Crippen molar-refractivity contribution in [1.82, 2.24) is 10.6 Å². The molecule has 4 N–H and O–H groups in total. The molecule has 1 aromatic carbocycles. The van der Waals surface area contributed by atoms with Gasteiger partial charge in [-0.15, -0.1) is 35.3 Å². The number of rotatable bonds is 7. The summed E-state index contributed by atoms with van der Waals surface area (Å²) in [5.74, 6) is 0.774. The molecule has 0 aliphatic heterocycles. The first kappa shape index (κ1) is 22.9. The van der Waals surface area contributed by atoms with Gasteiger partial charge in [0, 0.05) is 18.0 Å². The lowest BCUT2D eigenvalue weighted by molar-refractivity contribution is 0.598. The summed E-state index contributed by atoms with van der Waals surface area (Å²) in [7, 11) is -3.64. The normalized spacial score (nSPS) is 11.7. The molecule has 1 heterocycles. The molecule has 0 aliphatic carbocycles. The van der Waals surface area contributed by atoms with E-state index in [-0.39, 0.29) is 28.9 Å². The van der Waals surface area contributed by atoms with E-state index >= 15 is 0 Å². The standard InChI is InChI=1S/C17H24N4O2S2.HI/c1-3-19-17(21-12-16-13(2)9-11-24-16)20-10-8-14-4-6-15(7-5-14)25(18,22)23;/h4-7,9,11H,3,8,10,12H2,1-2H3,(H2,18,22,23)(H2,19,20,21);1H. The quantitative estimate of drug-likeness (QED) is 0.305. The molecule has 2 rings (SSSR count). The number of sulfonamides is 1. The van der Waals surface area contributed by atoms with Gasteiger partial charge in [0.15, 0.2) is 5.96 Å². The van der Waals surface area contributed by atoms with E-state index in [2.05, 4.69) is 34.0 Å². The predicted octanol–water partition coefficient (Wildman–Crippen LogP) is 2.62. The van der Waals surface area contributed by atoms with Gasteiger partial charge in [-0.3, -0.25) is 0 Å². The van der Waals surface area contributed by atoms with Gasteiger partial charge in [0.25, 0.3) is 0 Å². The molecular weight excluding hydrogens is 483 g/mol. The van der Waals surface area contributed by atoms with Crippen LogP contribution in [0.1, 0.15) is 22.9 Å². The molecule has 26 heavy (non-hydrogen) atoms. The van der Waals surface area contributed by atoms with Crippen molar-refractivity contribution in [3.63, 3.8) is 0 Å². The van der Waals surface area contributed by atoms with Crippen LogP contribution in [-0.2, 0) is 23.0 Å². The Balaban J connectivity index is 0.00000338. The number of primary sulfonamides is 1. The molecule has 0 radical (unpaired) electrons. The highest BCUT2D eigenvalue weighted by atomic mass is 127. The van der Waals surface area contributed by atoms with Crippen LogP contribution in [0.25, 0.3) is 0 Å². The number of thiophene rings is 1. The molecule has 0 fully saturated rings. The van der Waals surface area contributed by atoms with Gasteiger partial charge in [-0.05, 0) is 55.0 Å². The monoisotopic (exact) mass is 508 g/mol. The third-order valence-corrected chi connectivity index (χ3v) is 5.59. The maximum Gasteiger partial charge on any atom is 0.238 e. The fourth-order valence-corrected chi connectivity index (χ4v) is 3.57. The molecule has 0 saturated carbocycles. The second-order valence-electron chi connectivity index (χ2n) is 5.59. The summed E-state index contributed by atoms with van der Waals surface area (Å²) in [6.07, 6.45) is 0.757. The van der Waals surface area contributed by atoms with E-state index in [1.54, 1.807) is 23.5 Å². The molecule has 144 valence electrons. The number of nitrogens with one attached hydrogen (secondary N) is 2. The number of aryl methyl sites for hydroxylation is 1. The Morgan fingerprint density at radius 2 is 1.88 bits per heavy atom. The Bertz CT molecular complexity index is 818. The topological polar surface area (TPSA) is 96.6 Å². The molecule has 0 aliphatic rings. The minimum Gasteiger partial charge on any atom is -0.357 e. The Kier molecular flexibility index (Phi) is 9.55. The number of aliphatic imine (C=N–C) groups is 1. The summed E-state index contributed by atoms with van der Waals surface area (Å²) in [5, 5.41) is 13.7. The average molecular weight is 508 g/mol. The minimum absolute atomic E-state index is 0. The lowest BCUT2D eigenvalue weighted by Crippen LogP contribution is -2.38. The Morgan fingerprint density at radius 3 is 2.42 bits per heavy atom. The first-order valence-corrected chi connectivity index (χ1v) is 10.5. The number of halogens is 1. The van der Waals surface area contributed by atoms with Crippen molar-refractivity contribution in [1.29, 1.82) is 0 Å². The van der Waals surface area contributed by atoms with Gasteiger partial charge in [-0.1, -0.05) is 12.1 Å². The van der Waals surface area contributed by atoms with Gasteiger partial charge >= 0.3 is 0 Å². The van der Waals surface area contributed by atoms with Crippen molar-refractivity contribution in [2.75, 3.05) is 13.1 Å². The zero-order valence-corrected chi connectivity index (χ0v) is 18.8. The summed E-state index contributed by atoms with van der Waals surface area (Å²) in [5.41, 5.74) is 2.30. The van der Waals surface area contributed by atoms with Crippen molar-refractivity contribution in [3.05, 3.63) is 51.7 Å². The average Bonchev–Trinajstić information content (AvgIpc) is 2.97. The molecule has 0 bridgehead atoms. The first-order valence-electron chi connectivity index (χ1n) is 8.07. The zero-order chi connectivity index (χ0) is 18.3. The number of hydrogen-bond donors (Lipinski definition) is 3. The minimum atomic E-state index is -3.64. The Morgan fingerprint density at radius 1 is 1.19 bits per heavy atom. The largest absolute Gasteiger partial charge is 0.357 e. The van der Waals surface area contributed by atoms with Crippen LogP contribution in [0.2, 0.25) is 0 Å². The predicted molar refractivity (Wildman–Crippen MR) is 119 cm³/mol. The SMILES string of the molecule is CCNC(=NCc1sccc1C)NCCc1ccc(S(N)(=O)=O)cc1.I. The van der Waals surface area contributed by atoms with Gasteiger partial charge < -0.3 is 10.6 Å². The molecule has 0 unspecified atom stereocenters. The number of nitrogens with two attached hydrogens (primary N) is 1. The molecule has 0 atom stereocenters. The van der Waals surface area contributed by atoms with E-state index in [1.807, 2.05) is 6.92 Å². The summed E-state index contributed by atoms with van der Waals surface area (Å²) < 4.78 is 22.5. The molecule has 2 aromatic rings. The molecular formula is C17H25IN4O2S2. The summed E-state index contributed by atoms with van der Waals surface area (Å²) in [6.45, 7) is 6.26. The van der Waals surface area contributed by atoms with E-state index in [9.17, 15) is 8.42 Å². The van der Waals surface area contributed by atoms with Crippen LogP contribution in [0.4, 0.5) is 0 Å². The van der Waals surface area contributed by atoms with Crippen molar-refractivity contribution in [2.45, 2.75) is 31.7 Å². The smallest absolute Gasteiger partial charge is 0.238 e. The summed E-state index contributed by atoms with van der Waals surface area (Å²) in [6, 6.07) is 8.72. The van der Waals surface area contributed by atoms with E-state index in [0.29, 0.717) is 13.1 Å². The number of benzene rings is 1. The fraction of sp³-hybridized carbons (Fsp3) is 0.353. The van der Waals surface area contributed by atoms with Gasteiger partial charge in [0.1, 0.15) is 0 Å². The molecule has 1 aromatic heterocycles. The number of hydrogen-bond acceptors (Lipinski definition) is 4. The Labute approximate surface area is 176 Å². The van der Waals surface area contributed by atoms with Crippen LogP contribution < -0.4 is 15.8 Å². The highest BCUT2D eigenvalue weighted by molar-refractivity contribution is 14.0. The molecule has 0 amide bonds. The third-order valence-electron chi connectivity index (χ3n) is 3.65. The highest BCUT2D eigenvalue weighted by Gasteiger charge is 2.06. The van der Waals surface area contributed by atoms with Crippen LogP contribution in [0.5, 0.6) is 0 Å².